The lowest BCUT2D eigenvalue weighted by Crippen LogP contribution is -2.10. The van der Waals surface area contributed by atoms with Crippen molar-refractivity contribution in [3.05, 3.63) is 29.8 Å². The van der Waals surface area contributed by atoms with Crippen molar-refractivity contribution in [3.8, 4) is 5.75 Å². The minimum absolute atomic E-state index is 0.00801. The number of aromatic hydroxyl groups is 1. The standard InChI is InChI=1S/C11H18N2O/c12-7-2-1-6-11(13)9-4-3-5-10(14)8-9/h3-5,8,11,14H,1-2,6-7,12-13H2/t11-/m1/s1. The third kappa shape index (κ3) is 3.36. The SMILES string of the molecule is NCCCC[C@@H](N)c1cccc(O)c1. The van der Waals surface area contributed by atoms with E-state index in [1.54, 1.807) is 12.1 Å². The molecular formula is C11H18N2O. The summed E-state index contributed by atoms with van der Waals surface area (Å²) in [6.45, 7) is 0.715. The summed E-state index contributed by atoms with van der Waals surface area (Å²) >= 11 is 0. The molecule has 14 heavy (non-hydrogen) atoms. The molecule has 0 aliphatic rings. The molecule has 0 amide bonds. The number of hydrogen-bond donors (Lipinski definition) is 3. The second-order valence-electron chi connectivity index (χ2n) is 3.49. The fraction of sp³-hybridized carbons (Fsp3) is 0.455. The van der Waals surface area contributed by atoms with Crippen molar-refractivity contribution in [3.63, 3.8) is 0 Å². The van der Waals surface area contributed by atoms with E-state index in [0.717, 1.165) is 24.8 Å². The molecule has 0 heterocycles. The number of phenols is 1. The topological polar surface area (TPSA) is 72.3 Å². The number of benzene rings is 1. The first-order valence-electron chi connectivity index (χ1n) is 4.98. The Morgan fingerprint density at radius 1 is 1.29 bits per heavy atom. The molecule has 5 N–H and O–H groups in total. The van der Waals surface area contributed by atoms with E-state index in [1.807, 2.05) is 12.1 Å². The predicted octanol–water partition coefficient (Wildman–Crippen LogP) is 1.52. The lowest BCUT2D eigenvalue weighted by Gasteiger charge is -2.11. The van der Waals surface area contributed by atoms with Crippen LogP contribution in [0.4, 0.5) is 0 Å². The van der Waals surface area contributed by atoms with Gasteiger partial charge in [0.05, 0.1) is 0 Å². The predicted molar refractivity (Wildman–Crippen MR) is 57.9 cm³/mol. The van der Waals surface area contributed by atoms with Gasteiger partial charge in [0.2, 0.25) is 0 Å². The highest BCUT2D eigenvalue weighted by Crippen LogP contribution is 2.20. The summed E-state index contributed by atoms with van der Waals surface area (Å²) in [5, 5.41) is 9.26. The van der Waals surface area contributed by atoms with Crippen molar-refractivity contribution < 1.29 is 5.11 Å². The van der Waals surface area contributed by atoms with Crippen LogP contribution in [0.25, 0.3) is 0 Å². The lowest BCUT2D eigenvalue weighted by atomic mass is 10.0. The molecule has 0 unspecified atom stereocenters. The molecule has 3 heteroatoms. The quantitative estimate of drug-likeness (QED) is 0.622. The molecule has 1 atom stereocenters. The van der Waals surface area contributed by atoms with E-state index in [-0.39, 0.29) is 11.8 Å². The molecule has 3 nitrogen and oxygen atoms in total. The van der Waals surface area contributed by atoms with Gasteiger partial charge in [-0.1, -0.05) is 18.6 Å². The molecular weight excluding hydrogens is 176 g/mol. The second-order valence-corrected chi connectivity index (χ2v) is 3.49. The van der Waals surface area contributed by atoms with Crippen LogP contribution in [0.2, 0.25) is 0 Å². The van der Waals surface area contributed by atoms with Gasteiger partial charge in [0.1, 0.15) is 5.75 Å². The van der Waals surface area contributed by atoms with Crippen molar-refractivity contribution in [1.29, 1.82) is 0 Å². The highest BCUT2D eigenvalue weighted by molar-refractivity contribution is 5.29. The Bertz CT molecular complexity index is 276. The summed E-state index contributed by atoms with van der Waals surface area (Å²) in [6.07, 6.45) is 2.96. The fourth-order valence-corrected chi connectivity index (χ4v) is 1.43. The zero-order valence-corrected chi connectivity index (χ0v) is 8.32. The van der Waals surface area contributed by atoms with Gasteiger partial charge in [-0.15, -0.1) is 0 Å². The maximum Gasteiger partial charge on any atom is 0.115 e. The molecule has 0 aliphatic carbocycles. The highest BCUT2D eigenvalue weighted by atomic mass is 16.3. The summed E-state index contributed by atoms with van der Waals surface area (Å²) in [5.74, 6) is 0.275. The first kappa shape index (κ1) is 11.0. The average molecular weight is 194 g/mol. The van der Waals surface area contributed by atoms with E-state index >= 15 is 0 Å². The van der Waals surface area contributed by atoms with Crippen LogP contribution in [-0.2, 0) is 0 Å². The number of hydrogen-bond acceptors (Lipinski definition) is 3. The van der Waals surface area contributed by atoms with Crippen LogP contribution >= 0.6 is 0 Å². The van der Waals surface area contributed by atoms with Crippen molar-refractivity contribution >= 4 is 0 Å². The van der Waals surface area contributed by atoms with Crippen molar-refractivity contribution in [2.45, 2.75) is 25.3 Å². The van der Waals surface area contributed by atoms with E-state index in [4.69, 9.17) is 11.5 Å². The molecule has 0 saturated carbocycles. The highest BCUT2D eigenvalue weighted by Gasteiger charge is 2.05. The molecule has 78 valence electrons. The van der Waals surface area contributed by atoms with E-state index < -0.39 is 0 Å². The van der Waals surface area contributed by atoms with Gasteiger partial charge < -0.3 is 16.6 Å². The minimum atomic E-state index is 0.00801. The van der Waals surface area contributed by atoms with E-state index in [2.05, 4.69) is 0 Å². The van der Waals surface area contributed by atoms with Gasteiger partial charge in [-0.3, -0.25) is 0 Å². The summed E-state index contributed by atoms with van der Waals surface area (Å²) < 4.78 is 0. The lowest BCUT2D eigenvalue weighted by molar-refractivity contribution is 0.473. The Balaban J connectivity index is 2.47. The molecule has 1 aromatic carbocycles. The normalized spacial score (nSPS) is 12.7. The Hall–Kier alpha value is -1.06. The van der Waals surface area contributed by atoms with Gasteiger partial charge in [-0.25, -0.2) is 0 Å². The number of nitrogens with two attached hydrogens (primary N) is 2. The molecule has 0 fully saturated rings. The van der Waals surface area contributed by atoms with E-state index in [0.29, 0.717) is 6.54 Å². The Morgan fingerprint density at radius 2 is 2.07 bits per heavy atom. The zero-order valence-electron chi connectivity index (χ0n) is 8.32. The molecule has 0 radical (unpaired) electrons. The average Bonchev–Trinajstić information content (AvgIpc) is 2.18. The molecule has 0 aromatic heterocycles. The van der Waals surface area contributed by atoms with Gasteiger partial charge in [-0.2, -0.15) is 0 Å². The Labute approximate surface area is 84.7 Å². The third-order valence-electron chi connectivity index (χ3n) is 2.27. The van der Waals surface area contributed by atoms with Gasteiger partial charge in [0, 0.05) is 6.04 Å². The number of phenolic OH excluding ortho intramolecular Hbond substituents is 1. The Morgan fingerprint density at radius 3 is 2.71 bits per heavy atom. The minimum Gasteiger partial charge on any atom is -0.508 e. The van der Waals surface area contributed by atoms with Crippen LogP contribution in [0.1, 0.15) is 30.9 Å². The van der Waals surface area contributed by atoms with Gasteiger partial charge >= 0.3 is 0 Å². The first-order chi connectivity index (χ1) is 6.74. The number of unbranched alkanes of at least 4 members (excludes halogenated alkanes) is 1. The summed E-state index contributed by atoms with van der Waals surface area (Å²) in [5.41, 5.74) is 12.3. The van der Waals surface area contributed by atoms with Crippen molar-refractivity contribution in [1.82, 2.24) is 0 Å². The van der Waals surface area contributed by atoms with Gasteiger partial charge in [0.25, 0.3) is 0 Å². The molecule has 0 saturated heterocycles. The maximum atomic E-state index is 9.26. The summed E-state index contributed by atoms with van der Waals surface area (Å²) in [6, 6.07) is 7.12. The van der Waals surface area contributed by atoms with Crippen molar-refractivity contribution in [2.24, 2.45) is 11.5 Å². The molecule has 1 aromatic rings. The molecule has 0 bridgehead atoms. The van der Waals surface area contributed by atoms with Gasteiger partial charge in [-0.05, 0) is 37.1 Å². The van der Waals surface area contributed by atoms with Crippen LogP contribution < -0.4 is 11.5 Å². The van der Waals surface area contributed by atoms with Crippen molar-refractivity contribution in [2.75, 3.05) is 6.54 Å². The van der Waals surface area contributed by atoms with Crippen LogP contribution in [0, 0.1) is 0 Å². The fourth-order valence-electron chi connectivity index (χ4n) is 1.43. The monoisotopic (exact) mass is 194 g/mol. The number of rotatable bonds is 5. The third-order valence-corrected chi connectivity index (χ3v) is 2.27. The summed E-state index contributed by atoms with van der Waals surface area (Å²) in [4.78, 5) is 0. The Kier molecular flexibility index (Phi) is 4.43. The van der Waals surface area contributed by atoms with Crippen LogP contribution in [0.3, 0.4) is 0 Å². The van der Waals surface area contributed by atoms with Crippen LogP contribution in [0.5, 0.6) is 5.75 Å². The molecule has 0 spiro atoms. The van der Waals surface area contributed by atoms with E-state index in [9.17, 15) is 5.11 Å². The largest absolute Gasteiger partial charge is 0.508 e. The first-order valence-corrected chi connectivity index (χ1v) is 4.98. The summed E-state index contributed by atoms with van der Waals surface area (Å²) in [7, 11) is 0. The molecule has 0 aliphatic heterocycles. The van der Waals surface area contributed by atoms with Crippen LogP contribution in [0.15, 0.2) is 24.3 Å². The van der Waals surface area contributed by atoms with E-state index in [1.165, 1.54) is 0 Å². The smallest absolute Gasteiger partial charge is 0.115 e. The second kappa shape index (κ2) is 5.62. The molecule has 1 rings (SSSR count). The maximum absolute atomic E-state index is 9.26. The van der Waals surface area contributed by atoms with Crippen LogP contribution in [-0.4, -0.2) is 11.7 Å². The zero-order chi connectivity index (χ0) is 10.4. The van der Waals surface area contributed by atoms with Gasteiger partial charge in [0.15, 0.2) is 0 Å².